The summed E-state index contributed by atoms with van der Waals surface area (Å²) in [6.07, 6.45) is 2.87. The van der Waals surface area contributed by atoms with Crippen molar-refractivity contribution in [1.82, 2.24) is 4.90 Å². The number of nitrogens with zero attached hydrogens (tertiary/aromatic N) is 1. The topological polar surface area (TPSA) is 86.7 Å². The molecule has 6 nitrogen and oxygen atoms in total. The maximum Gasteiger partial charge on any atom is 0.307 e. The van der Waals surface area contributed by atoms with Gasteiger partial charge in [-0.15, -0.1) is 0 Å². The highest BCUT2D eigenvalue weighted by atomic mass is 16.4. The van der Waals surface area contributed by atoms with E-state index in [9.17, 15) is 19.5 Å². The number of carboxylic acids is 1. The number of hydrogen-bond acceptors (Lipinski definition) is 3. The van der Waals surface area contributed by atoms with Gasteiger partial charge in [0, 0.05) is 24.3 Å². The van der Waals surface area contributed by atoms with E-state index in [1.54, 1.807) is 29.2 Å². The van der Waals surface area contributed by atoms with Gasteiger partial charge in [-0.2, -0.15) is 0 Å². The maximum atomic E-state index is 12.5. The van der Waals surface area contributed by atoms with Crippen LogP contribution in [-0.4, -0.2) is 40.9 Å². The van der Waals surface area contributed by atoms with Gasteiger partial charge in [-0.05, 0) is 51.0 Å². The molecule has 1 aromatic rings. The standard InChI is InChI=1S/C19H26N2O4/c1-3-21(4-2)18(23)13-9-11-14(12-10-13)20-17(22)15-7-5-6-8-16(15)19(24)25/h9-12,15-16H,3-8H2,1-2H3,(H,20,22)(H,24,25). The molecule has 0 radical (unpaired) electrons. The summed E-state index contributed by atoms with van der Waals surface area (Å²) in [5, 5.41) is 12.1. The van der Waals surface area contributed by atoms with E-state index < -0.39 is 17.8 Å². The monoisotopic (exact) mass is 346 g/mol. The molecule has 0 saturated heterocycles. The van der Waals surface area contributed by atoms with Crippen molar-refractivity contribution < 1.29 is 19.5 Å². The fourth-order valence-corrected chi connectivity index (χ4v) is 3.36. The van der Waals surface area contributed by atoms with Crippen LogP contribution in [0.3, 0.4) is 0 Å². The van der Waals surface area contributed by atoms with Gasteiger partial charge in [-0.3, -0.25) is 14.4 Å². The predicted molar refractivity (Wildman–Crippen MR) is 95.4 cm³/mol. The molecule has 2 N–H and O–H groups in total. The normalized spacial score (nSPS) is 19.9. The van der Waals surface area contributed by atoms with Gasteiger partial charge in [-0.1, -0.05) is 12.8 Å². The lowest BCUT2D eigenvalue weighted by Crippen LogP contribution is -2.36. The summed E-state index contributed by atoms with van der Waals surface area (Å²) in [4.78, 5) is 37.8. The molecular weight excluding hydrogens is 320 g/mol. The molecule has 0 bridgehead atoms. The lowest BCUT2D eigenvalue weighted by atomic mass is 9.78. The molecule has 2 rings (SSSR count). The first-order valence-corrected chi connectivity index (χ1v) is 8.90. The van der Waals surface area contributed by atoms with Crippen LogP contribution in [-0.2, 0) is 9.59 Å². The Balaban J connectivity index is 2.04. The van der Waals surface area contributed by atoms with Gasteiger partial charge >= 0.3 is 5.97 Å². The second-order valence-corrected chi connectivity index (χ2v) is 6.38. The Labute approximate surface area is 148 Å². The van der Waals surface area contributed by atoms with Crippen molar-refractivity contribution in [3.8, 4) is 0 Å². The van der Waals surface area contributed by atoms with Crippen LogP contribution in [0.15, 0.2) is 24.3 Å². The number of benzene rings is 1. The predicted octanol–water partition coefficient (Wildman–Crippen LogP) is 3.00. The largest absolute Gasteiger partial charge is 0.481 e. The molecule has 2 amide bonds. The van der Waals surface area contributed by atoms with Gasteiger partial charge in [0.1, 0.15) is 0 Å². The summed E-state index contributed by atoms with van der Waals surface area (Å²) in [5.41, 5.74) is 1.15. The molecule has 25 heavy (non-hydrogen) atoms. The van der Waals surface area contributed by atoms with Crippen LogP contribution in [0.4, 0.5) is 5.69 Å². The molecule has 1 fully saturated rings. The second-order valence-electron chi connectivity index (χ2n) is 6.38. The van der Waals surface area contributed by atoms with Crippen LogP contribution in [0.2, 0.25) is 0 Å². The van der Waals surface area contributed by atoms with E-state index in [-0.39, 0.29) is 11.8 Å². The highest BCUT2D eigenvalue weighted by molar-refractivity contribution is 5.97. The van der Waals surface area contributed by atoms with Crippen LogP contribution < -0.4 is 5.32 Å². The van der Waals surface area contributed by atoms with Crippen molar-refractivity contribution >= 4 is 23.5 Å². The molecule has 136 valence electrons. The summed E-state index contributed by atoms with van der Waals surface area (Å²) < 4.78 is 0. The summed E-state index contributed by atoms with van der Waals surface area (Å²) >= 11 is 0. The van der Waals surface area contributed by atoms with E-state index in [1.165, 1.54) is 0 Å². The Bertz CT molecular complexity index is 623. The molecule has 1 aliphatic rings. The number of carbonyl (C=O) groups is 3. The van der Waals surface area contributed by atoms with Gasteiger partial charge in [-0.25, -0.2) is 0 Å². The molecule has 2 atom stereocenters. The fourth-order valence-electron chi connectivity index (χ4n) is 3.36. The number of nitrogens with one attached hydrogen (secondary N) is 1. The zero-order valence-corrected chi connectivity index (χ0v) is 14.8. The number of carboxylic acid groups (broad SMARTS) is 1. The molecule has 2 unspecified atom stereocenters. The summed E-state index contributed by atoms with van der Waals surface area (Å²) in [6.45, 7) is 5.15. The number of amides is 2. The second kappa shape index (κ2) is 8.65. The maximum absolute atomic E-state index is 12.5. The molecule has 1 aliphatic carbocycles. The molecule has 0 aliphatic heterocycles. The Hall–Kier alpha value is -2.37. The lowest BCUT2D eigenvalue weighted by Gasteiger charge is -2.27. The van der Waals surface area contributed by atoms with Crippen LogP contribution in [0, 0.1) is 11.8 Å². The number of aliphatic carboxylic acids is 1. The first kappa shape index (κ1) is 19.0. The minimum Gasteiger partial charge on any atom is -0.481 e. The van der Waals surface area contributed by atoms with Crippen molar-refractivity contribution in [3.05, 3.63) is 29.8 Å². The zero-order valence-electron chi connectivity index (χ0n) is 14.8. The van der Waals surface area contributed by atoms with Gasteiger partial charge in [0.2, 0.25) is 5.91 Å². The van der Waals surface area contributed by atoms with Crippen molar-refractivity contribution in [1.29, 1.82) is 0 Å². The van der Waals surface area contributed by atoms with E-state index in [2.05, 4.69) is 5.32 Å². The SMILES string of the molecule is CCN(CC)C(=O)c1ccc(NC(=O)C2CCCCC2C(=O)O)cc1. The smallest absolute Gasteiger partial charge is 0.307 e. The Morgan fingerprint density at radius 1 is 1.04 bits per heavy atom. The van der Waals surface area contributed by atoms with E-state index in [4.69, 9.17) is 0 Å². The molecular formula is C19H26N2O4. The average molecular weight is 346 g/mol. The molecule has 0 spiro atoms. The van der Waals surface area contributed by atoms with Crippen LogP contribution in [0.1, 0.15) is 49.9 Å². The van der Waals surface area contributed by atoms with Crippen molar-refractivity contribution in [2.75, 3.05) is 18.4 Å². The van der Waals surface area contributed by atoms with Gasteiger partial charge in [0.25, 0.3) is 5.91 Å². The number of hydrogen-bond donors (Lipinski definition) is 2. The van der Waals surface area contributed by atoms with Crippen LogP contribution in [0.25, 0.3) is 0 Å². The first-order valence-electron chi connectivity index (χ1n) is 8.90. The molecule has 6 heteroatoms. The first-order chi connectivity index (χ1) is 12.0. The minimum absolute atomic E-state index is 0.0406. The minimum atomic E-state index is -0.903. The quantitative estimate of drug-likeness (QED) is 0.829. The van der Waals surface area contributed by atoms with E-state index in [0.29, 0.717) is 37.2 Å². The van der Waals surface area contributed by atoms with Crippen molar-refractivity contribution in [2.24, 2.45) is 11.8 Å². The number of rotatable bonds is 6. The van der Waals surface area contributed by atoms with E-state index in [1.807, 2.05) is 13.8 Å². The molecule has 0 aromatic heterocycles. The van der Waals surface area contributed by atoms with E-state index in [0.717, 1.165) is 12.8 Å². The Morgan fingerprint density at radius 3 is 2.12 bits per heavy atom. The summed E-state index contributed by atoms with van der Waals surface area (Å²) in [7, 11) is 0. The van der Waals surface area contributed by atoms with Gasteiger partial charge < -0.3 is 15.3 Å². The van der Waals surface area contributed by atoms with Crippen molar-refractivity contribution in [2.45, 2.75) is 39.5 Å². The average Bonchev–Trinajstić information content (AvgIpc) is 2.63. The number of carbonyl (C=O) groups excluding carboxylic acids is 2. The third-order valence-electron chi connectivity index (χ3n) is 4.87. The van der Waals surface area contributed by atoms with E-state index >= 15 is 0 Å². The third kappa shape index (κ3) is 4.59. The molecule has 1 aromatic carbocycles. The van der Waals surface area contributed by atoms with Crippen LogP contribution in [0.5, 0.6) is 0 Å². The highest BCUT2D eigenvalue weighted by Gasteiger charge is 2.35. The van der Waals surface area contributed by atoms with Gasteiger partial charge in [0.15, 0.2) is 0 Å². The Kier molecular flexibility index (Phi) is 6.56. The van der Waals surface area contributed by atoms with Crippen molar-refractivity contribution in [3.63, 3.8) is 0 Å². The third-order valence-corrected chi connectivity index (χ3v) is 4.87. The highest BCUT2D eigenvalue weighted by Crippen LogP contribution is 2.31. The molecule has 0 heterocycles. The summed E-state index contributed by atoms with van der Waals surface area (Å²) in [6, 6.07) is 6.75. The lowest BCUT2D eigenvalue weighted by molar-refractivity contribution is -0.147. The van der Waals surface area contributed by atoms with Crippen LogP contribution >= 0.6 is 0 Å². The zero-order chi connectivity index (χ0) is 18.4. The molecule has 1 saturated carbocycles. The fraction of sp³-hybridized carbons (Fsp3) is 0.526. The Morgan fingerprint density at radius 2 is 1.60 bits per heavy atom. The summed E-state index contributed by atoms with van der Waals surface area (Å²) in [5.74, 6) is -2.31. The van der Waals surface area contributed by atoms with Gasteiger partial charge in [0.05, 0.1) is 11.8 Å². The number of anilines is 1.